The summed E-state index contributed by atoms with van der Waals surface area (Å²) in [4.78, 5) is 2.34. The topological polar surface area (TPSA) is 29.3 Å². The van der Waals surface area contributed by atoms with Gasteiger partial charge in [-0.3, -0.25) is 0 Å². The Kier molecular flexibility index (Phi) is 5.33. The first kappa shape index (κ1) is 13.0. The molecule has 0 fully saturated rings. The Morgan fingerprint density at radius 2 is 1.81 bits per heavy atom. The van der Waals surface area contributed by atoms with E-state index in [9.17, 15) is 0 Å². The highest BCUT2D eigenvalue weighted by Gasteiger charge is 2.14. The van der Waals surface area contributed by atoms with Crippen molar-refractivity contribution < 1.29 is 0 Å². The van der Waals surface area contributed by atoms with Gasteiger partial charge in [-0.2, -0.15) is 0 Å². The molecule has 1 aromatic carbocycles. The SMILES string of the molecule is CCC(C)[C@H](N)CN(CC)c1ccccc1. The van der Waals surface area contributed by atoms with Crippen LogP contribution in [0, 0.1) is 5.92 Å². The number of hydrogen-bond donors (Lipinski definition) is 1. The van der Waals surface area contributed by atoms with Crippen molar-refractivity contribution in [3.8, 4) is 0 Å². The Bertz CT molecular complexity index is 284. The lowest BCUT2D eigenvalue weighted by Crippen LogP contribution is -2.41. The molecule has 0 aliphatic carbocycles. The van der Waals surface area contributed by atoms with E-state index < -0.39 is 0 Å². The average Bonchev–Trinajstić information content (AvgIpc) is 2.35. The first-order valence-corrected chi connectivity index (χ1v) is 6.24. The number of likely N-dealkylation sites (N-methyl/N-ethyl adjacent to an activating group) is 1. The fourth-order valence-electron chi connectivity index (χ4n) is 1.79. The molecule has 16 heavy (non-hydrogen) atoms. The molecule has 1 rings (SSSR count). The van der Waals surface area contributed by atoms with Crippen LogP contribution in [0.15, 0.2) is 30.3 Å². The minimum absolute atomic E-state index is 0.255. The van der Waals surface area contributed by atoms with Gasteiger partial charge in [0.2, 0.25) is 0 Å². The van der Waals surface area contributed by atoms with Gasteiger partial charge in [-0.1, -0.05) is 38.5 Å². The van der Waals surface area contributed by atoms with E-state index in [1.54, 1.807) is 0 Å². The minimum atomic E-state index is 0.255. The molecule has 0 radical (unpaired) electrons. The Balaban J connectivity index is 2.62. The van der Waals surface area contributed by atoms with Crippen molar-refractivity contribution in [2.45, 2.75) is 33.2 Å². The molecule has 0 bridgehead atoms. The summed E-state index contributed by atoms with van der Waals surface area (Å²) in [5, 5.41) is 0. The summed E-state index contributed by atoms with van der Waals surface area (Å²) in [6.07, 6.45) is 1.15. The molecule has 2 atom stereocenters. The molecule has 2 nitrogen and oxygen atoms in total. The molecule has 0 aromatic heterocycles. The molecule has 2 N–H and O–H groups in total. The van der Waals surface area contributed by atoms with Crippen LogP contribution in [-0.4, -0.2) is 19.1 Å². The normalized spacial score (nSPS) is 14.5. The summed E-state index contributed by atoms with van der Waals surface area (Å²) in [6, 6.07) is 10.7. The third-order valence-electron chi connectivity index (χ3n) is 3.31. The van der Waals surface area contributed by atoms with E-state index in [-0.39, 0.29) is 6.04 Å². The summed E-state index contributed by atoms with van der Waals surface area (Å²) < 4.78 is 0. The predicted molar refractivity (Wildman–Crippen MR) is 71.8 cm³/mol. The maximum atomic E-state index is 6.20. The Hall–Kier alpha value is -1.02. The van der Waals surface area contributed by atoms with Gasteiger partial charge < -0.3 is 10.6 Å². The van der Waals surface area contributed by atoms with E-state index in [4.69, 9.17) is 5.73 Å². The highest BCUT2D eigenvalue weighted by atomic mass is 15.1. The fraction of sp³-hybridized carbons (Fsp3) is 0.571. The van der Waals surface area contributed by atoms with Gasteiger partial charge in [-0.05, 0) is 25.0 Å². The van der Waals surface area contributed by atoms with E-state index >= 15 is 0 Å². The first-order valence-electron chi connectivity index (χ1n) is 6.24. The Morgan fingerprint density at radius 3 is 2.31 bits per heavy atom. The highest BCUT2D eigenvalue weighted by Crippen LogP contribution is 2.15. The molecule has 0 saturated heterocycles. The lowest BCUT2D eigenvalue weighted by Gasteiger charge is -2.29. The molecule has 0 amide bonds. The van der Waals surface area contributed by atoms with Crippen LogP contribution in [0.25, 0.3) is 0 Å². The smallest absolute Gasteiger partial charge is 0.0366 e. The van der Waals surface area contributed by atoms with Crippen molar-refractivity contribution in [3.05, 3.63) is 30.3 Å². The van der Waals surface area contributed by atoms with Gasteiger partial charge in [0, 0.05) is 24.8 Å². The minimum Gasteiger partial charge on any atom is -0.370 e. The van der Waals surface area contributed by atoms with E-state index in [0.717, 1.165) is 19.5 Å². The third kappa shape index (κ3) is 3.53. The van der Waals surface area contributed by atoms with Crippen molar-refractivity contribution in [1.29, 1.82) is 0 Å². The van der Waals surface area contributed by atoms with Crippen LogP contribution in [0.4, 0.5) is 5.69 Å². The van der Waals surface area contributed by atoms with Crippen molar-refractivity contribution in [2.75, 3.05) is 18.0 Å². The average molecular weight is 220 g/mol. The second-order valence-electron chi connectivity index (χ2n) is 4.42. The van der Waals surface area contributed by atoms with Crippen molar-refractivity contribution in [3.63, 3.8) is 0 Å². The molecule has 0 heterocycles. The summed E-state index contributed by atoms with van der Waals surface area (Å²) in [7, 11) is 0. The fourth-order valence-corrected chi connectivity index (χ4v) is 1.79. The van der Waals surface area contributed by atoms with Crippen molar-refractivity contribution >= 4 is 5.69 Å². The molecular formula is C14H24N2. The van der Waals surface area contributed by atoms with Crippen LogP contribution < -0.4 is 10.6 Å². The van der Waals surface area contributed by atoms with Crippen LogP contribution >= 0.6 is 0 Å². The van der Waals surface area contributed by atoms with Crippen LogP contribution in [0.5, 0.6) is 0 Å². The number of nitrogens with two attached hydrogens (primary N) is 1. The molecule has 90 valence electrons. The zero-order valence-electron chi connectivity index (χ0n) is 10.7. The van der Waals surface area contributed by atoms with Crippen LogP contribution in [0.1, 0.15) is 27.2 Å². The lowest BCUT2D eigenvalue weighted by atomic mass is 9.99. The molecule has 0 spiro atoms. The van der Waals surface area contributed by atoms with Crippen molar-refractivity contribution in [2.24, 2.45) is 11.7 Å². The second-order valence-corrected chi connectivity index (χ2v) is 4.42. The molecule has 0 aliphatic heterocycles. The third-order valence-corrected chi connectivity index (χ3v) is 3.31. The summed E-state index contributed by atoms with van der Waals surface area (Å²) in [5.41, 5.74) is 7.47. The van der Waals surface area contributed by atoms with Gasteiger partial charge in [-0.15, -0.1) is 0 Å². The van der Waals surface area contributed by atoms with Crippen LogP contribution in [-0.2, 0) is 0 Å². The summed E-state index contributed by atoms with van der Waals surface area (Å²) in [6.45, 7) is 8.55. The second kappa shape index (κ2) is 6.54. The largest absolute Gasteiger partial charge is 0.370 e. The summed E-state index contributed by atoms with van der Waals surface area (Å²) in [5.74, 6) is 0.581. The number of benzene rings is 1. The van der Waals surface area contributed by atoms with Crippen molar-refractivity contribution in [1.82, 2.24) is 0 Å². The van der Waals surface area contributed by atoms with Gasteiger partial charge in [-0.25, -0.2) is 0 Å². The Morgan fingerprint density at radius 1 is 1.19 bits per heavy atom. The number of nitrogens with zero attached hydrogens (tertiary/aromatic N) is 1. The molecular weight excluding hydrogens is 196 g/mol. The maximum absolute atomic E-state index is 6.20. The Labute approximate surface area is 99.5 Å². The summed E-state index contributed by atoms with van der Waals surface area (Å²) >= 11 is 0. The quantitative estimate of drug-likeness (QED) is 0.798. The van der Waals surface area contributed by atoms with Gasteiger partial charge in [0.05, 0.1) is 0 Å². The predicted octanol–water partition coefficient (Wildman–Crippen LogP) is 2.89. The molecule has 0 aliphatic rings. The highest BCUT2D eigenvalue weighted by molar-refractivity contribution is 5.45. The monoisotopic (exact) mass is 220 g/mol. The zero-order chi connectivity index (χ0) is 12.0. The van der Waals surface area contributed by atoms with Gasteiger partial charge in [0.25, 0.3) is 0 Å². The molecule has 1 aromatic rings. The maximum Gasteiger partial charge on any atom is 0.0366 e. The molecule has 1 unspecified atom stereocenters. The number of para-hydroxylation sites is 1. The first-order chi connectivity index (χ1) is 7.69. The van der Waals surface area contributed by atoms with Crippen LogP contribution in [0.3, 0.4) is 0 Å². The zero-order valence-corrected chi connectivity index (χ0v) is 10.7. The van der Waals surface area contributed by atoms with E-state index in [1.807, 2.05) is 6.07 Å². The molecule has 2 heteroatoms. The lowest BCUT2D eigenvalue weighted by molar-refractivity contribution is 0.440. The standard InChI is InChI=1S/C14H24N2/c1-4-12(3)14(15)11-16(5-2)13-9-7-6-8-10-13/h6-10,12,14H,4-5,11,15H2,1-3H3/t12?,14-/m1/s1. The van der Waals surface area contributed by atoms with Gasteiger partial charge in [0.15, 0.2) is 0 Å². The number of anilines is 1. The van der Waals surface area contributed by atoms with Gasteiger partial charge in [0.1, 0.15) is 0 Å². The van der Waals surface area contributed by atoms with E-state index in [1.165, 1.54) is 5.69 Å². The van der Waals surface area contributed by atoms with Gasteiger partial charge >= 0.3 is 0 Å². The van der Waals surface area contributed by atoms with Crippen LogP contribution in [0.2, 0.25) is 0 Å². The van der Waals surface area contributed by atoms with E-state index in [2.05, 4.69) is 49.9 Å². The molecule has 0 saturated carbocycles. The number of rotatable bonds is 6. The number of hydrogen-bond acceptors (Lipinski definition) is 2. The van der Waals surface area contributed by atoms with E-state index in [0.29, 0.717) is 5.92 Å².